The first kappa shape index (κ1) is 19.5. The topological polar surface area (TPSA) is 139 Å². The fraction of sp³-hybridized carbons (Fsp3) is 0.105. The van der Waals surface area contributed by atoms with E-state index >= 15 is 0 Å². The number of carbonyl (C=O) groups excluding carboxylic acids is 3. The molecule has 2 aromatic carbocycles. The number of nitro groups is 1. The Morgan fingerprint density at radius 1 is 1.21 bits per heavy atom. The molecule has 0 saturated carbocycles. The van der Waals surface area contributed by atoms with E-state index in [2.05, 4.69) is 0 Å². The molecule has 1 fully saturated rings. The number of phenols is 1. The molecule has 0 atom stereocenters. The van der Waals surface area contributed by atoms with Crippen molar-refractivity contribution in [2.75, 3.05) is 11.5 Å². The van der Waals surface area contributed by atoms with E-state index in [9.17, 15) is 29.6 Å². The zero-order valence-electron chi connectivity index (χ0n) is 15.1. The van der Waals surface area contributed by atoms with Crippen molar-refractivity contribution in [3.8, 4) is 11.5 Å². The van der Waals surface area contributed by atoms with E-state index in [4.69, 9.17) is 4.74 Å². The highest BCUT2D eigenvalue weighted by Gasteiger charge is 2.37. The van der Waals surface area contributed by atoms with Crippen LogP contribution in [-0.4, -0.2) is 34.5 Å². The van der Waals surface area contributed by atoms with Gasteiger partial charge in [0.15, 0.2) is 11.5 Å². The number of ether oxygens (including phenoxy) is 1. The fourth-order valence-corrected chi connectivity index (χ4v) is 2.70. The van der Waals surface area contributed by atoms with Crippen molar-refractivity contribution in [1.29, 1.82) is 0 Å². The number of benzene rings is 2. The van der Waals surface area contributed by atoms with Gasteiger partial charge >= 0.3 is 6.03 Å². The van der Waals surface area contributed by atoms with Crippen LogP contribution in [0.3, 0.4) is 0 Å². The summed E-state index contributed by atoms with van der Waals surface area (Å²) in [5.74, 6) is -1.79. The number of rotatable bonds is 5. The summed E-state index contributed by atoms with van der Waals surface area (Å²) < 4.78 is 5.27. The lowest BCUT2D eigenvalue weighted by molar-refractivity contribution is -0.384. The largest absolute Gasteiger partial charge is 0.504 e. The third-order valence-electron chi connectivity index (χ3n) is 4.00. The van der Waals surface area contributed by atoms with Crippen LogP contribution in [0.1, 0.15) is 12.5 Å². The van der Waals surface area contributed by atoms with Gasteiger partial charge in [0.25, 0.3) is 17.5 Å². The van der Waals surface area contributed by atoms with Crippen LogP contribution in [0.5, 0.6) is 11.5 Å². The minimum atomic E-state index is -1.02. The Kier molecular flexibility index (Phi) is 5.26. The number of imide groups is 2. The normalized spacial score (nSPS) is 15.4. The van der Waals surface area contributed by atoms with Gasteiger partial charge in [-0.15, -0.1) is 0 Å². The minimum absolute atomic E-state index is 0.0548. The summed E-state index contributed by atoms with van der Waals surface area (Å²) in [5, 5.41) is 22.8. The molecule has 1 saturated heterocycles. The van der Waals surface area contributed by atoms with Gasteiger partial charge in [0.05, 0.1) is 17.2 Å². The van der Waals surface area contributed by atoms with Crippen molar-refractivity contribution in [2.45, 2.75) is 6.92 Å². The highest BCUT2D eigenvalue weighted by molar-refractivity contribution is 6.39. The molecule has 0 radical (unpaired) electrons. The Labute approximate surface area is 164 Å². The van der Waals surface area contributed by atoms with Gasteiger partial charge in [-0.1, -0.05) is 12.1 Å². The zero-order valence-corrected chi connectivity index (χ0v) is 15.1. The molecule has 1 aliphatic heterocycles. The van der Waals surface area contributed by atoms with Crippen LogP contribution < -0.4 is 15.0 Å². The van der Waals surface area contributed by atoms with Crippen LogP contribution in [0.2, 0.25) is 0 Å². The minimum Gasteiger partial charge on any atom is -0.504 e. The van der Waals surface area contributed by atoms with Crippen LogP contribution in [0.15, 0.2) is 48.0 Å². The smallest absolute Gasteiger partial charge is 0.335 e. The molecular formula is C19H15N3O7. The number of carbonyl (C=O) groups is 3. The summed E-state index contributed by atoms with van der Waals surface area (Å²) in [6, 6.07) is 8.14. The van der Waals surface area contributed by atoms with Gasteiger partial charge in [-0.3, -0.25) is 25.0 Å². The Bertz CT molecular complexity index is 1060. The predicted octanol–water partition coefficient (Wildman–Crippen LogP) is 2.37. The third-order valence-corrected chi connectivity index (χ3v) is 4.00. The van der Waals surface area contributed by atoms with Crippen LogP contribution in [0, 0.1) is 10.1 Å². The monoisotopic (exact) mass is 397 g/mol. The first-order chi connectivity index (χ1) is 13.8. The third kappa shape index (κ3) is 3.90. The van der Waals surface area contributed by atoms with E-state index in [1.165, 1.54) is 42.5 Å². The van der Waals surface area contributed by atoms with E-state index < -0.39 is 22.8 Å². The van der Waals surface area contributed by atoms with E-state index in [-0.39, 0.29) is 28.4 Å². The van der Waals surface area contributed by atoms with Gasteiger partial charge in [0.2, 0.25) is 0 Å². The number of nitrogens with one attached hydrogen (secondary N) is 1. The number of hydrogen-bond acceptors (Lipinski definition) is 7. The number of barbiturate groups is 1. The molecule has 4 amide bonds. The molecule has 2 N–H and O–H groups in total. The molecule has 0 spiro atoms. The second-order valence-corrected chi connectivity index (χ2v) is 5.89. The molecule has 0 aromatic heterocycles. The summed E-state index contributed by atoms with van der Waals surface area (Å²) >= 11 is 0. The van der Waals surface area contributed by atoms with Crippen molar-refractivity contribution in [3.63, 3.8) is 0 Å². The summed E-state index contributed by atoms with van der Waals surface area (Å²) in [5.41, 5.74) is -0.353. The lowest BCUT2D eigenvalue weighted by Gasteiger charge is -2.26. The van der Waals surface area contributed by atoms with Crippen LogP contribution in [0.4, 0.5) is 16.2 Å². The maximum absolute atomic E-state index is 12.8. The van der Waals surface area contributed by atoms with Crippen molar-refractivity contribution in [1.82, 2.24) is 5.32 Å². The molecule has 1 heterocycles. The first-order valence-corrected chi connectivity index (χ1v) is 8.43. The SMILES string of the molecule is CCOc1cc(/C=C2\C(=O)NC(=O)N(c3cccc([N+](=O)[O-])c3)C2=O)ccc1O. The molecule has 29 heavy (non-hydrogen) atoms. The number of anilines is 1. The molecule has 10 nitrogen and oxygen atoms in total. The van der Waals surface area contributed by atoms with Gasteiger partial charge in [0.1, 0.15) is 5.57 Å². The highest BCUT2D eigenvalue weighted by atomic mass is 16.6. The van der Waals surface area contributed by atoms with Crippen LogP contribution in [-0.2, 0) is 9.59 Å². The average molecular weight is 397 g/mol. The molecule has 1 aliphatic rings. The first-order valence-electron chi connectivity index (χ1n) is 8.43. The lowest BCUT2D eigenvalue weighted by Crippen LogP contribution is -2.54. The van der Waals surface area contributed by atoms with Gasteiger partial charge in [0, 0.05) is 12.1 Å². The van der Waals surface area contributed by atoms with E-state index in [0.717, 1.165) is 6.07 Å². The van der Waals surface area contributed by atoms with Crippen LogP contribution in [0.25, 0.3) is 6.08 Å². The maximum Gasteiger partial charge on any atom is 0.335 e. The molecular weight excluding hydrogens is 382 g/mol. The molecule has 10 heteroatoms. The molecule has 0 unspecified atom stereocenters. The van der Waals surface area contributed by atoms with Gasteiger partial charge in [-0.25, -0.2) is 9.69 Å². The molecule has 0 bridgehead atoms. The number of urea groups is 1. The van der Waals surface area contributed by atoms with Gasteiger partial charge < -0.3 is 9.84 Å². The molecule has 148 valence electrons. The number of phenolic OH excluding ortho intramolecular Hbond substituents is 1. The summed E-state index contributed by atoms with van der Waals surface area (Å²) in [7, 11) is 0. The molecule has 3 rings (SSSR count). The highest BCUT2D eigenvalue weighted by Crippen LogP contribution is 2.29. The lowest BCUT2D eigenvalue weighted by atomic mass is 10.1. The Balaban J connectivity index is 2.01. The second kappa shape index (κ2) is 7.80. The van der Waals surface area contributed by atoms with Gasteiger partial charge in [-0.2, -0.15) is 0 Å². The average Bonchev–Trinajstić information content (AvgIpc) is 2.68. The quantitative estimate of drug-likeness (QED) is 0.342. The van der Waals surface area contributed by atoms with Crippen LogP contribution >= 0.6 is 0 Å². The Morgan fingerprint density at radius 2 is 1.97 bits per heavy atom. The number of hydrogen-bond donors (Lipinski definition) is 2. The van der Waals surface area contributed by atoms with E-state index in [1.807, 2.05) is 5.32 Å². The molecule has 0 aliphatic carbocycles. The number of aromatic hydroxyl groups is 1. The Hall–Kier alpha value is -4.21. The Morgan fingerprint density at radius 3 is 2.66 bits per heavy atom. The zero-order chi connectivity index (χ0) is 21.1. The summed E-state index contributed by atoms with van der Waals surface area (Å²) in [4.78, 5) is 48.2. The predicted molar refractivity (Wildman–Crippen MR) is 101 cm³/mol. The number of nitrogens with zero attached hydrogens (tertiary/aromatic N) is 2. The van der Waals surface area contributed by atoms with E-state index in [1.54, 1.807) is 6.92 Å². The maximum atomic E-state index is 12.8. The van der Waals surface area contributed by atoms with Crippen molar-refractivity contribution < 1.29 is 29.2 Å². The van der Waals surface area contributed by atoms with E-state index in [0.29, 0.717) is 17.1 Å². The number of amides is 4. The number of non-ortho nitro benzene ring substituents is 1. The van der Waals surface area contributed by atoms with Gasteiger partial charge in [-0.05, 0) is 36.8 Å². The fourth-order valence-electron chi connectivity index (χ4n) is 2.70. The van der Waals surface area contributed by atoms with Crippen molar-refractivity contribution in [2.24, 2.45) is 0 Å². The second-order valence-electron chi connectivity index (χ2n) is 5.89. The number of nitro benzene ring substituents is 1. The standard InChI is InChI=1S/C19H15N3O7/c1-2-29-16-9-11(6-7-15(16)23)8-14-17(24)20-19(26)21(18(14)25)12-4-3-5-13(10-12)22(27)28/h3-10,23H,2H2,1H3,(H,20,24,26)/b14-8+. The summed E-state index contributed by atoms with van der Waals surface area (Å²) in [6.07, 6.45) is 1.23. The summed E-state index contributed by atoms with van der Waals surface area (Å²) in [6.45, 7) is 2.02. The molecule has 2 aromatic rings. The van der Waals surface area contributed by atoms with Crippen molar-refractivity contribution in [3.05, 3.63) is 63.7 Å². The van der Waals surface area contributed by atoms with Crippen molar-refractivity contribution >= 4 is 35.3 Å².